The van der Waals surface area contributed by atoms with Crippen LogP contribution < -0.4 is 41.5 Å². The van der Waals surface area contributed by atoms with Crippen LogP contribution in [0.2, 0.25) is 0 Å². The predicted molar refractivity (Wildman–Crippen MR) is 306 cm³/mol. The quantitative estimate of drug-likeness (QED) is 0.109. The average molecular weight is 955 g/mol. The first kappa shape index (κ1) is 41.7. The molecule has 71 heavy (non-hydrogen) atoms. The van der Waals surface area contributed by atoms with Gasteiger partial charge in [0.15, 0.2) is 16.1 Å². The van der Waals surface area contributed by atoms with E-state index in [9.17, 15) is 0 Å². The third-order valence-electron chi connectivity index (χ3n) is 15.2. The van der Waals surface area contributed by atoms with E-state index in [1.807, 2.05) is 11.8 Å². The molecule has 0 unspecified atom stereocenters. The molecule has 1 aliphatic rings. The van der Waals surface area contributed by atoms with Gasteiger partial charge in [0.1, 0.15) is 0 Å². The van der Waals surface area contributed by atoms with Gasteiger partial charge in [-0.3, -0.25) is 0 Å². The Morgan fingerprint density at radius 1 is 0.282 bits per heavy atom. The second-order valence-corrected chi connectivity index (χ2v) is 27.4. The van der Waals surface area contributed by atoms with Gasteiger partial charge in [0.25, 0.3) is 0 Å². The van der Waals surface area contributed by atoms with Crippen LogP contribution in [0.15, 0.2) is 289 Å². The van der Waals surface area contributed by atoms with E-state index in [0.29, 0.717) is 0 Å². The van der Waals surface area contributed by atoms with Gasteiger partial charge >= 0.3 is 0 Å². The average Bonchev–Trinajstić information content (AvgIpc) is 3.96. The molecule has 0 radical (unpaired) electrons. The minimum absolute atomic E-state index is 1.15. The van der Waals surface area contributed by atoms with Crippen molar-refractivity contribution in [1.29, 1.82) is 0 Å². The number of rotatable bonds is 8. The number of fused-ring (bicyclic) bond motifs is 8. The molecule has 0 saturated heterocycles. The maximum absolute atomic E-state index is 2.80. The molecule has 0 saturated carbocycles. The zero-order chi connectivity index (χ0) is 46.9. The predicted octanol–water partition coefficient (Wildman–Crippen LogP) is 11.1. The summed E-state index contributed by atoms with van der Waals surface area (Å²) in [6.07, 6.45) is 0. The first-order valence-corrected chi connectivity index (χ1v) is 29.3. The molecule has 0 amide bonds. The maximum atomic E-state index is 2.55. The van der Waals surface area contributed by atoms with E-state index in [2.05, 4.69) is 288 Å². The van der Waals surface area contributed by atoms with Crippen molar-refractivity contribution in [1.82, 2.24) is 9.13 Å². The molecular weight excluding hydrogens is 909 g/mol. The summed E-state index contributed by atoms with van der Waals surface area (Å²) < 4.78 is 5.02. The van der Waals surface area contributed by atoms with E-state index < -0.39 is 16.1 Å². The summed E-state index contributed by atoms with van der Waals surface area (Å²) in [6, 6.07) is 105. The van der Waals surface area contributed by atoms with Crippen molar-refractivity contribution in [3.05, 3.63) is 279 Å². The van der Waals surface area contributed by atoms with Crippen molar-refractivity contribution >= 4 is 113 Å². The Hall–Kier alpha value is -8.20. The SMILES string of the molecule is c1ccc([Si](c2ccccc2)(c2ccccc2)c2cccc(-n3c4ccccc4c4cc(-n5c6ccccc6c6ccc([Si]7(c8ccccc8)c8ccccc8Sc8ccccc87)cc65)ccc43)c2)cc1. The summed E-state index contributed by atoms with van der Waals surface area (Å²) in [7, 11) is -5.57. The number of hydrogen-bond donors (Lipinski definition) is 0. The van der Waals surface area contributed by atoms with E-state index in [1.165, 1.54) is 94.9 Å². The first-order chi connectivity index (χ1) is 35.2. The molecule has 0 atom stereocenters. The molecule has 2 nitrogen and oxygen atoms in total. The number of aromatic nitrogens is 2. The molecule has 0 aliphatic carbocycles. The highest BCUT2D eigenvalue weighted by Gasteiger charge is 2.47. The molecular formula is C66H46N2SSi2. The highest BCUT2D eigenvalue weighted by molar-refractivity contribution is 8.00. The van der Waals surface area contributed by atoms with Crippen LogP contribution in [0, 0.1) is 0 Å². The van der Waals surface area contributed by atoms with Gasteiger partial charge in [0, 0.05) is 42.7 Å². The van der Waals surface area contributed by atoms with Crippen LogP contribution in [0.25, 0.3) is 55.0 Å². The summed E-state index contributed by atoms with van der Waals surface area (Å²) in [5.41, 5.74) is 7.11. The molecule has 13 aromatic rings. The lowest BCUT2D eigenvalue weighted by Gasteiger charge is -2.39. The van der Waals surface area contributed by atoms with Gasteiger partial charge in [-0.15, -0.1) is 0 Å². The summed E-state index contributed by atoms with van der Waals surface area (Å²) in [4.78, 5) is 2.70. The minimum Gasteiger partial charge on any atom is -0.309 e. The van der Waals surface area contributed by atoms with Crippen LogP contribution >= 0.6 is 11.8 Å². The number of nitrogens with zero attached hydrogens (tertiary/aromatic N) is 2. The maximum Gasteiger partial charge on any atom is 0.181 e. The van der Waals surface area contributed by atoms with Gasteiger partial charge in [-0.2, -0.15) is 0 Å². The summed E-state index contributed by atoms with van der Waals surface area (Å²) in [6.45, 7) is 0. The second-order valence-electron chi connectivity index (χ2n) is 18.7. The summed E-state index contributed by atoms with van der Waals surface area (Å²) >= 11 is 1.91. The highest BCUT2D eigenvalue weighted by atomic mass is 32.2. The van der Waals surface area contributed by atoms with Gasteiger partial charge in [-0.1, -0.05) is 230 Å². The summed E-state index contributed by atoms with van der Waals surface area (Å²) in [5.74, 6) is 0. The van der Waals surface area contributed by atoms with Crippen molar-refractivity contribution in [2.45, 2.75) is 9.79 Å². The molecule has 0 spiro atoms. The van der Waals surface area contributed by atoms with Gasteiger partial charge in [0.2, 0.25) is 0 Å². The van der Waals surface area contributed by atoms with Crippen molar-refractivity contribution in [2.75, 3.05) is 0 Å². The van der Waals surface area contributed by atoms with Crippen molar-refractivity contribution in [2.24, 2.45) is 0 Å². The largest absolute Gasteiger partial charge is 0.309 e. The lowest BCUT2D eigenvalue weighted by Crippen LogP contribution is -2.76. The van der Waals surface area contributed by atoms with Crippen LogP contribution in [0.4, 0.5) is 0 Å². The second kappa shape index (κ2) is 16.7. The monoisotopic (exact) mass is 954 g/mol. The van der Waals surface area contributed by atoms with Gasteiger partial charge in [0.05, 0.1) is 22.1 Å². The van der Waals surface area contributed by atoms with Crippen LogP contribution in [-0.4, -0.2) is 25.3 Å². The van der Waals surface area contributed by atoms with Gasteiger partial charge in [-0.25, -0.2) is 0 Å². The molecule has 334 valence electrons. The molecule has 2 aromatic heterocycles. The molecule has 5 heteroatoms. The molecule has 0 fully saturated rings. The Kier molecular flexibility index (Phi) is 9.85. The topological polar surface area (TPSA) is 9.86 Å². The molecule has 11 aromatic carbocycles. The van der Waals surface area contributed by atoms with Crippen LogP contribution in [-0.2, 0) is 0 Å². The van der Waals surface area contributed by atoms with E-state index in [-0.39, 0.29) is 0 Å². The van der Waals surface area contributed by atoms with Crippen LogP contribution in [0.1, 0.15) is 0 Å². The Bertz CT molecular complexity index is 4000. The number of para-hydroxylation sites is 2. The fourth-order valence-corrected chi connectivity index (χ4v) is 24.0. The Labute approximate surface area is 419 Å². The molecule has 3 heterocycles. The minimum atomic E-state index is -2.80. The van der Waals surface area contributed by atoms with Crippen LogP contribution in [0.5, 0.6) is 0 Å². The third kappa shape index (κ3) is 6.27. The van der Waals surface area contributed by atoms with Crippen molar-refractivity contribution in [3.8, 4) is 11.4 Å². The molecule has 14 rings (SSSR count). The van der Waals surface area contributed by atoms with E-state index in [4.69, 9.17) is 0 Å². The zero-order valence-electron chi connectivity index (χ0n) is 38.9. The smallest absolute Gasteiger partial charge is 0.181 e. The molecule has 0 bridgehead atoms. The summed E-state index contributed by atoms with van der Waals surface area (Å²) in [5, 5.41) is 16.1. The Balaban J connectivity index is 0.998. The fraction of sp³-hybridized carbons (Fsp3) is 0. The van der Waals surface area contributed by atoms with Crippen molar-refractivity contribution in [3.63, 3.8) is 0 Å². The van der Waals surface area contributed by atoms with E-state index >= 15 is 0 Å². The number of benzene rings is 11. The Morgan fingerprint density at radius 3 is 1.34 bits per heavy atom. The van der Waals surface area contributed by atoms with Crippen LogP contribution in [0.3, 0.4) is 0 Å². The highest BCUT2D eigenvalue weighted by Crippen LogP contribution is 2.38. The standard InChI is InChI=1S/C66H46N2SSi2/c1-5-23-49(24-6-1)70(50-25-7-2-8-26-50,51-27-9-3-10-28-51)53-31-21-22-47(44-53)67-60-35-16-14-33-56(60)58-45-48(40-43-61(58)67)68-59-34-15-13-32-55(59)57-42-41-54(46-62(57)68)71(52-29-11-4-12-30-52)65-38-19-17-36-63(65)69-64-37-18-20-39-66(64)71/h1-46H. The first-order valence-electron chi connectivity index (χ1n) is 24.5. The number of hydrogen-bond acceptors (Lipinski definition) is 1. The normalized spacial score (nSPS) is 13.1. The Morgan fingerprint density at radius 2 is 0.732 bits per heavy atom. The van der Waals surface area contributed by atoms with E-state index in [0.717, 1.165) is 11.4 Å². The van der Waals surface area contributed by atoms with Gasteiger partial charge in [-0.05, 0) is 102 Å². The van der Waals surface area contributed by atoms with Crippen molar-refractivity contribution < 1.29 is 0 Å². The molecule has 0 N–H and O–H groups in total. The van der Waals surface area contributed by atoms with Gasteiger partial charge < -0.3 is 9.13 Å². The fourth-order valence-electron chi connectivity index (χ4n) is 12.3. The lowest BCUT2D eigenvalue weighted by molar-refractivity contribution is 1.17. The molecule has 1 aliphatic heterocycles. The zero-order valence-corrected chi connectivity index (χ0v) is 41.7. The van der Waals surface area contributed by atoms with E-state index in [1.54, 1.807) is 0 Å². The third-order valence-corrected chi connectivity index (χ3v) is 26.3. The lowest BCUT2D eigenvalue weighted by atomic mass is 10.1.